The van der Waals surface area contributed by atoms with Gasteiger partial charge < -0.3 is 10.3 Å². The van der Waals surface area contributed by atoms with Gasteiger partial charge in [-0.05, 0) is 12.8 Å². The highest BCUT2D eigenvalue weighted by Crippen LogP contribution is 2.36. The summed E-state index contributed by atoms with van der Waals surface area (Å²) < 4.78 is 3.76. The number of imidazole rings is 1. The molecule has 2 heterocycles. The third kappa shape index (κ3) is 2.54. The predicted molar refractivity (Wildman–Crippen MR) is 83.5 cm³/mol. The molecule has 5 heteroatoms. The Morgan fingerprint density at radius 1 is 1.38 bits per heavy atom. The average molecular weight is 283 g/mol. The molecule has 5 nitrogen and oxygen atoms in total. The maximum Gasteiger partial charge on any atom is 0.132 e. The molecule has 0 bridgehead atoms. The molecular weight excluding hydrogens is 262 g/mol. The molecule has 0 atom stereocenters. The number of nitrogen functional groups attached to an aromatic ring is 1. The van der Waals surface area contributed by atoms with Gasteiger partial charge in [-0.3, -0.25) is 4.68 Å². The van der Waals surface area contributed by atoms with Gasteiger partial charge in [0, 0.05) is 24.7 Å². The summed E-state index contributed by atoms with van der Waals surface area (Å²) in [6.45, 7) is 0.477. The first-order chi connectivity index (χ1) is 10.2. The van der Waals surface area contributed by atoms with Crippen molar-refractivity contribution in [1.82, 2.24) is 19.3 Å². The maximum atomic E-state index is 6.31. The Morgan fingerprint density at radius 2 is 2.14 bits per heavy atom. The Labute approximate surface area is 125 Å². The van der Waals surface area contributed by atoms with E-state index in [0.29, 0.717) is 18.3 Å². The van der Waals surface area contributed by atoms with Gasteiger partial charge >= 0.3 is 0 Å². The van der Waals surface area contributed by atoms with Crippen molar-refractivity contribution in [3.05, 3.63) is 18.2 Å². The van der Waals surface area contributed by atoms with Crippen LogP contribution < -0.4 is 5.73 Å². The van der Waals surface area contributed by atoms with E-state index in [1.54, 1.807) is 10.9 Å². The third-order valence-electron chi connectivity index (χ3n) is 4.23. The number of aromatic nitrogens is 4. The summed E-state index contributed by atoms with van der Waals surface area (Å²) in [7, 11) is 1.89. The van der Waals surface area contributed by atoms with E-state index >= 15 is 0 Å². The normalized spacial score (nSPS) is 16.0. The van der Waals surface area contributed by atoms with E-state index in [2.05, 4.69) is 11.0 Å². The van der Waals surface area contributed by atoms with Crippen LogP contribution in [0.4, 0.5) is 5.82 Å². The zero-order valence-electron chi connectivity index (χ0n) is 12.4. The molecule has 0 unspecified atom stereocenters. The van der Waals surface area contributed by atoms with Crippen molar-refractivity contribution in [1.29, 1.82) is 0 Å². The van der Waals surface area contributed by atoms with Crippen LogP contribution in [-0.2, 0) is 13.6 Å². The molecule has 0 aliphatic heterocycles. The van der Waals surface area contributed by atoms with Crippen molar-refractivity contribution in [2.75, 3.05) is 5.73 Å². The Kier molecular flexibility index (Phi) is 3.70. The second-order valence-corrected chi connectivity index (χ2v) is 5.73. The first-order valence-corrected chi connectivity index (χ1v) is 7.49. The number of nitrogens with zero attached hydrogens (tertiary/aromatic N) is 4. The first kappa shape index (κ1) is 13.7. The number of aryl methyl sites for hydroxylation is 1. The van der Waals surface area contributed by atoms with Gasteiger partial charge in [-0.15, -0.1) is 6.42 Å². The van der Waals surface area contributed by atoms with E-state index in [1.165, 1.54) is 32.1 Å². The lowest BCUT2D eigenvalue weighted by molar-refractivity contribution is 0.420. The van der Waals surface area contributed by atoms with Crippen LogP contribution in [0.1, 0.15) is 43.8 Å². The summed E-state index contributed by atoms with van der Waals surface area (Å²) in [5.41, 5.74) is 8.06. The standard InChI is InChI=1S/C16H21N5/c1-3-9-21-15(17)14(13-10-18-20(2)11-13)19-16(21)12-7-5-4-6-8-12/h1,10-12H,4-9,17H2,2H3. The van der Waals surface area contributed by atoms with Crippen molar-refractivity contribution < 1.29 is 0 Å². The number of anilines is 1. The molecule has 3 rings (SSSR count). The van der Waals surface area contributed by atoms with Crippen molar-refractivity contribution >= 4 is 5.82 Å². The largest absolute Gasteiger partial charge is 0.383 e. The number of rotatable bonds is 3. The average Bonchev–Trinajstić information content (AvgIpc) is 3.06. The van der Waals surface area contributed by atoms with Gasteiger partial charge in [0.15, 0.2) is 0 Å². The molecule has 1 fully saturated rings. The number of hydrogen-bond acceptors (Lipinski definition) is 3. The fraction of sp³-hybridized carbons (Fsp3) is 0.500. The predicted octanol–water partition coefficient (Wildman–Crippen LogP) is 2.55. The van der Waals surface area contributed by atoms with Gasteiger partial charge in [-0.1, -0.05) is 25.2 Å². The molecular formula is C16H21N5. The second kappa shape index (κ2) is 5.65. The Bertz CT molecular complexity index is 667. The van der Waals surface area contributed by atoms with Crippen LogP contribution in [0.15, 0.2) is 12.4 Å². The molecule has 0 radical (unpaired) electrons. The van der Waals surface area contributed by atoms with Crippen molar-refractivity contribution in [3.8, 4) is 23.6 Å². The van der Waals surface area contributed by atoms with E-state index in [1.807, 2.05) is 17.8 Å². The molecule has 2 aromatic heterocycles. The Morgan fingerprint density at radius 3 is 2.76 bits per heavy atom. The molecule has 0 spiro atoms. The highest BCUT2D eigenvalue weighted by Gasteiger charge is 2.24. The molecule has 2 aromatic rings. The molecule has 0 aromatic carbocycles. The van der Waals surface area contributed by atoms with Gasteiger partial charge in [0.05, 0.1) is 12.7 Å². The lowest BCUT2D eigenvalue weighted by Crippen LogP contribution is -2.13. The van der Waals surface area contributed by atoms with Crippen molar-refractivity contribution in [2.45, 2.75) is 44.6 Å². The SMILES string of the molecule is C#CCn1c(C2CCCCC2)nc(-c2cnn(C)c2)c1N. The van der Waals surface area contributed by atoms with Gasteiger partial charge in [0.25, 0.3) is 0 Å². The van der Waals surface area contributed by atoms with Crippen molar-refractivity contribution in [2.24, 2.45) is 7.05 Å². The maximum absolute atomic E-state index is 6.31. The molecule has 1 aliphatic carbocycles. The van der Waals surface area contributed by atoms with Crippen molar-refractivity contribution in [3.63, 3.8) is 0 Å². The van der Waals surface area contributed by atoms with Crippen LogP contribution in [0.2, 0.25) is 0 Å². The highest BCUT2D eigenvalue weighted by atomic mass is 15.2. The molecule has 2 N–H and O–H groups in total. The van der Waals surface area contributed by atoms with Crippen LogP contribution in [-0.4, -0.2) is 19.3 Å². The summed E-state index contributed by atoms with van der Waals surface area (Å²) >= 11 is 0. The fourth-order valence-electron chi connectivity index (χ4n) is 3.17. The number of terminal acetylenes is 1. The monoisotopic (exact) mass is 283 g/mol. The molecule has 1 aliphatic rings. The van der Waals surface area contributed by atoms with Crippen LogP contribution in [0.25, 0.3) is 11.3 Å². The van der Waals surface area contributed by atoms with E-state index in [0.717, 1.165) is 17.1 Å². The summed E-state index contributed by atoms with van der Waals surface area (Å²) in [5, 5.41) is 4.20. The Balaban J connectivity index is 2.04. The highest BCUT2D eigenvalue weighted by molar-refractivity contribution is 5.70. The summed E-state index contributed by atoms with van der Waals surface area (Å²) in [5.74, 6) is 4.87. The third-order valence-corrected chi connectivity index (χ3v) is 4.23. The number of nitrogens with two attached hydrogens (primary N) is 1. The second-order valence-electron chi connectivity index (χ2n) is 5.73. The minimum atomic E-state index is 0.472. The summed E-state index contributed by atoms with van der Waals surface area (Å²) in [6.07, 6.45) is 15.4. The smallest absolute Gasteiger partial charge is 0.132 e. The van der Waals surface area contributed by atoms with Crippen LogP contribution in [0.3, 0.4) is 0 Å². The van der Waals surface area contributed by atoms with E-state index in [-0.39, 0.29) is 0 Å². The van der Waals surface area contributed by atoms with Gasteiger partial charge in [-0.25, -0.2) is 4.98 Å². The van der Waals surface area contributed by atoms with Gasteiger partial charge in [0.2, 0.25) is 0 Å². The fourth-order valence-corrected chi connectivity index (χ4v) is 3.17. The van der Waals surface area contributed by atoms with E-state index in [9.17, 15) is 0 Å². The van der Waals surface area contributed by atoms with Crippen LogP contribution >= 0.6 is 0 Å². The van der Waals surface area contributed by atoms with E-state index < -0.39 is 0 Å². The molecule has 110 valence electrons. The minimum Gasteiger partial charge on any atom is -0.383 e. The minimum absolute atomic E-state index is 0.472. The van der Waals surface area contributed by atoms with Crippen LogP contribution in [0, 0.1) is 12.3 Å². The summed E-state index contributed by atoms with van der Waals surface area (Å²) in [4.78, 5) is 4.82. The van der Waals surface area contributed by atoms with Crippen LogP contribution in [0.5, 0.6) is 0 Å². The number of hydrogen-bond donors (Lipinski definition) is 1. The zero-order chi connectivity index (χ0) is 14.8. The molecule has 1 saturated carbocycles. The zero-order valence-corrected chi connectivity index (χ0v) is 12.4. The lowest BCUT2D eigenvalue weighted by Gasteiger charge is -2.21. The molecule has 0 amide bonds. The van der Waals surface area contributed by atoms with Gasteiger partial charge in [-0.2, -0.15) is 5.10 Å². The van der Waals surface area contributed by atoms with Gasteiger partial charge in [0.1, 0.15) is 17.3 Å². The topological polar surface area (TPSA) is 61.7 Å². The summed E-state index contributed by atoms with van der Waals surface area (Å²) in [6, 6.07) is 0. The van der Waals surface area contributed by atoms with E-state index in [4.69, 9.17) is 17.1 Å². The Hall–Kier alpha value is -2.22. The quantitative estimate of drug-likeness (QED) is 0.881. The molecule has 0 saturated heterocycles. The lowest BCUT2D eigenvalue weighted by atomic mass is 9.88. The molecule has 21 heavy (non-hydrogen) atoms. The first-order valence-electron chi connectivity index (χ1n) is 7.49.